The van der Waals surface area contributed by atoms with E-state index in [-0.39, 0.29) is 0 Å². The van der Waals surface area contributed by atoms with Gasteiger partial charge in [0.2, 0.25) is 0 Å². The zero-order chi connectivity index (χ0) is 10.8. The van der Waals surface area contributed by atoms with Crippen LogP contribution in [-0.2, 0) is 8.44 Å². The summed E-state index contributed by atoms with van der Waals surface area (Å²) in [7, 11) is 9.20. The minimum atomic E-state index is -4.77. The molecule has 1 rings (SSSR count). The van der Waals surface area contributed by atoms with Crippen molar-refractivity contribution in [1.29, 1.82) is 0 Å². The van der Waals surface area contributed by atoms with Crippen molar-refractivity contribution in [2.75, 3.05) is 0 Å². The van der Waals surface area contributed by atoms with Crippen molar-refractivity contribution in [3.63, 3.8) is 0 Å². The second-order valence-electron chi connectivity index (χ2n) is 6.82. The van der Waals surface area contributed by atoms with Crippen LogP contribution in [0, 0.1) is 0 Å². The molecule has 0 aliphatic heterocycles. The zero-order valence-corrected chi connectivity index (χ0v) is 12.9. The van der Waals surface area contributed by atoms with Crippen molar-refractivity contribution in [3.8, 4) is 0 Å². The Kier molecular flexibility index (Phi) is 1.24. The summed E-state index contributed by atoms with van der Waals surface area (Å²) in [5, 5.41) is 0. The molecule has 0 unspecified atom stereocenters. The Labute approximate surface area is 83.2 Å². The molecule has 0 aromatic heterocycles. The summed E-state index contributed by atoms with van der Waals surface area (Å²) in [6, 6.07) is 0. The van der Waals surface area contributed by atoms with E-state index in [1.165, 1.54) is 4.09 Å². The van der Waals surface area contributed by atoms with Gasteiger partial charge >= 0.3 is 83.5 Å². The fourth-order valence-corrected chi connectivity index (χ4v) is 8.28. The van der Waals surface area contributed by atoms with Gasteiger partial charge in [0.15, 0.2) is 0 Å². The second-order valence-corrected chi connectivity index (χ2v) is 74.4. The van der Waals surface area contributed by atoms with Gasteiger partial charge in [-0.15, -0.1) is 0 Å². The van der Waals surface area contributed by atoms with E-state index >= 15 is 0 Å². The zero-order valence-electron chi connectivity index (χ0n) is 9.03. The van der Waals surface area contributed by atoms with E-state index in [0.29, 0.717) is 0 Å². The molecule has 3 heteroatoms. The first-order chi connectivity index (χ1) is 5.00. The summed E-state index contributed by atoms with van der Waals surface area (Å²) in [6.07, 6.45) is 7.08. The van der Waals surface area contributed by atoms with Crippen LogP contribution < -0.4 is 0 Å². The van der Waals surface area contributed by atoms with Crippen molar-refractivity contribution in [1.82, 2.24) is 0 Å². The topological polar surface area (TPSA) is 0 Å². The van der Waals surface area contributed by atoms with Crippen molar-refractivity contribution in [2.24, 2.45) is 0 Å². The Morgan fingerprint density at radius 2 is 1.54 bits per heavy atom. The second kappa shape index (κ2) is 1.37. The Hall–Kier alpha value is 0.709. The quantitative estimate of drug-likeness (QED) is 0.529. The van der Waals surface area contributed by atoms with Gasteiger partial charge in [-0.05, 0) is 0 Å². The third-order valence-corrected chi connectivity index (χ3v) is 14.3. The molecule has 0 saturated heterocycles. The van der Waals surface area contributed by atoms with Crippen molar-refractivity contribution in [3.05, 3.63) is 22.3 Å². The number of allylic oxidation sites excluding steroid dienone is 4. The summed E-state index contributed by atoms with van der Waals surface area (Å²) >= 11 is 0. The van der Waals surface area contributed by atoms with Crippen molar-refractivity contribution >= 4 is 19.2 Å². The molecule has 0 aromatic carbocycles. The Morgan fingerprint density at radius 3 is 1.69 bits per heavy atom. The predicted octanol–water partition coefficient (Wildman–Crippen LogP) is 5.68. The van der Waals surface area contributed by atoms with Gasteiger partial charge in [-0.1, -0.05) is 0 Å². The molecule has 0 N–H and O–H groups in total. The Balaban J connectivity index is 3.65. The summed E-state index contributed by atoms with van der Waals surface area (Å²) in [5.41, 5.74) is 10.2. The van der Waals surface area contributed by atoms with E-state index < -0.39 is 8.44 Å². The third kappa shape index (κ3) is 3.09. The van der Waals surface area contributed by atoms with Crippen LogP contribution in [0.3, 0.4) is 0 Å². The standard InChI is InChI=1S/C5H5.5CH3.2ClH.Ir/c1-2-4-5-3-1;;;;;;;;/h1-3H,4H2;5*1H3;2*1H;/q;;;;;;;;+2/p-2. The van der Waals surface area contributed by atoms with Crippen molar-refractivity contribution in [2.45, 2.75) is 33.6 Å². The summed E-state index contributed by atoms with van der Waals surface area (Å²) in [5.74, 6) is 0. The van der Waals surface area contributed by atoms with Crippen molar-refractivity contribution < 1.29 is 8.44 Å². The van der Waals surface area contributed by atoms with Crippen LogP contribution in [0.4, 0.5) is 0 Å². The normalized spacial score (nSPS) is 29.6. The van der Waals surface area contributed by atoms with Crippen LogP contribution in [0.15, 0.2) is 22.3 Å². The Bertz CT molecular complexity index is 344. The molecule has 0 spiro atoms. The van der Waals surface area contributed by atoms with Crippen LogP contribution in [0.25, 0.3) is 0 Å². The van der Waals surface area contributed by atoms with Gasteiger partial charge < -0.3 is 0 Å². The first-order valence-corrected chi connectivity index (χ1v) is 22.9. The average molecular weight is 403 g/mol. The SMILES string of the molecule is [CH3][Ir]([CH3])([CH3])([CH3])([CH3])([Cl])([Cl])[C]1=CC=CC1. The van der Waals surface area contributed by atoms with E-state index in [1.54, 1.807) is 0 Å². The van der Waals surface area contributed by atoms with Gasteiger partial charge in [0.25, 0.3) is 0 Å². The molecule has 0 amide bonds. The van der Waals surface area contributed by atoms with E-state index in [1.807, 2.05) is 33.3 Å². The number of hydrogen-bond acceptors (Lipinski definition) is 0. The van der Waals surface area contributed by atoms with E-state index in [4.69, 9.17) is 19.2 Å². The van der Waals surface area contributed by atoms with E-state index in [9.17, 15) is 0 Å². The minimum absolute atomic E-state index is 0.878. The monoisotopic (exact) mass is 403 g/mol. The van der Waals surface area contributed by atoms with Gasteiger partial charge in [0.05, 0.1) is 0 Å². The molecule has 0 aromatic rings. The number of rotatable bonds is 1. The molecule has 0 heterocycles. The predicted molar refractivity (Wildman–Crippen MR) is 62.9 cm³/mol. The Morgan fingerprint density at radius 1 is 1.08 bits per heavy atom. The molecule has 13 heavy (non-hydrogen) atoms. The van der Waals surface area contributed by atoms with Crippen LogP contribution >= 0.6 is 19.2 Å². The molecule has 0 bridgehead atoms. The van der Waals surface area contributed by atoms with E-state index in [0.717, 1.165) is 6.42 Å². The molecule has 0 nitrogen and oxygen atoms in total. The molecule has 1 aliphatic rings. The van der Waals surface area contributed by atoms with Gasteiger partial charge in [-0.25, -0.2) is 0 Å². The van der Waals surface area contributed by atoms with E-state index in [2.05, 4.69) is 12.2 Å². The fourth-order valence-electron chi connectivity index (χ4n) is 1.12. The average Bonchev–Trinajstić information content (AvgIpc) is 1.97. The van der Waals surface area contributed by atoms with Crippen LogP contribution in [0.5, 0.6) is 0 Å². The molecular formula is C10H20Cl2Ir. The molecule has 83 valence electrons. The number of halogens is 2. The number of hydrogen-bond donors (Lipinski definition) is 0. The fraction of sp³-hybridized carbons (Fsp3) is 0.600. The van der Waals surface area contributed by atoms with Gasteiger partial charge in [0, 0.05) is 0 Å². The first kappa shape index (κ1) is 11.8. The maximum atomic E-state index is 6.98. The van der Waals surface area contributed by atoms with Gasteiger partial charge in [-0.2, -0.15) is 0 Å². The maximum absolute atomic E-state index is 6.98. The molecule has 0 saturated carbocycles. The third-order valence-electron chi connectivity index (χ3n) is 1.94. The van der Waals surface area contributed by atoms with Gasteiger partial charge in [0.1, 0.15) is 0 Å². The molecular weight excluding hydrogens is 383 g/mol. The molecule has 0 atom stereocenters. The molecule has 1 aliphatic carbocycles. The van der Waals surface area contributed by atoms with Crippen LogP contribution in [0.1, 0.15) is 6.42 Å². The summed E-state index contributed by atoms with van der Waals surface area (Å²) in [4.78, 5) is 0. The molecule has 0 radical (unpaired) electrons. The van der Waals surface area contributed by atoms with Gasteiger partial charge in [-0.3, -0.25) is 0 Å². The summed E-state index contributed by atoms with van der Waals surface area (Å²) < 4.78 is 1.18. The first-order valence-electron chi connectivity index (χ1n) is 3.80. The van der Waals surface area contributed by atoms with Crippen LogP contribution in [-0.4, -0.2) is 0 Å². The van der Waals surface area contributed by atoms with Crippen LogP contribution in [0.2, 0.25) is 27.2 Å². The molecule has 0 fully saturated rings. The summed E-state index contributed by atoms with van der Waals surface area (Å²) in [6.45, 7) is 0.